The number of nitrogens with zero attached hydrogens (tertiary/aromatic N) is 1. The number of hydrogen-bond donors (Lipinski definition) is 2. The molecule has 0 aliphatic heterocycles. The third-order valence-electron chi connectivity index (χ3n) is 4.18. The van der Waals surface area contributed by atoms with Crippen molar-refractivity contribution in [1.29, 1.82) is 0 Å². The van der Waals surface area contributed by atoms with Crippen LogP contribution in [0, 0.1) is 18.8 Å². The topological polar surface area (TPSA) is 111 Å². The first-order chi connectivity index (χ1) is 10.4. The second-order valence-corrected chi connectivity index (χ2v) is 5.90. The maximum absolute atomic E-state index is 10.6. The van der Waals surface area contributed by atoms with Crippen molar-refractivity contribution in [3.8, 4) is 0 Å². The fraction of sp³-hybridized carbons (Fsp3) is 0.824. The van der Waals surface area contributed by atoms with Crippen molar-refractivity contribution < 1.29 is 40.9 Å². The smallest absolute Gasteiger partial charge is 0.693 e. The molecule has 6 nitrogen and oxygen atoms in total. The van der Waals surface area contributed by atoms with E-state index in [0.717, 1.165) is 32.0 Å². The zero-order chi connectivity index (χ0) is 17.0. The summed E-state index contributed by atoms with van der Waals surface area (Å²) in [4.78, 5) is 23.4. The first-order valence-electron chi connectivity index (χ1n) is 8.43. The Labute approximate surface area is 161 Å². The Morgan fingerprint density at radius 2 is 1.54 bits per heavy atom. The van der Waals surface area contributed by atoms with Crippen molar-refractivity contribution >= 4 is 11.9 Å². The van der Waals surface area contributed by atoms with Gasteiger partial charge < -0.3 is 28.2 Å². The molecular weight excluding hydrogens is 491 g/mol. The van der Waals surface area contributed by atoms with Gasteiger partial charge in [0.05, 0.1) is 0 Å². The Balaban J connectivity index is -0.000000464. The van der Waals surface area contributed by atoms with E-state index in [1.165, 1.54) is 25.7 Å². The molecule has 0 bridgehead atoms. The second-order valence-electron chi connectivity index (χ2n) is 5.90. The molecule has 0 amide bonds. The van der Waals surface area contributed by atoms with Crippen LogP contribution in [0.5, 0.6) is 0 Å². The number of carboxylic acids is 2. The van der Waals surface area contributed by atoms with Crippen LogP contribution in [-0.4, -0.2) is 46.7 Å². The van der Waals surface area contributed by atoms with Crippen molar-refractivity contribution in [2.75, 3.05) is 19.6 Å². The number of carbonyl (C=O) groups is 2. The van der Waals surface area contributed by atoms with E-state index in [1.54, 1.807) is 0 Å². The zero-order valence-electron chi connectivity index (χ0n) is 15.0. The van der Waals surface area contributed by atoms with Crippen molar-refractivity contribution in [2.45, 2.75) is 58.8 Å². The Hall–Kier alpha value is -0.452. The Morgan fingerprint density at radius 1 is 1.08 bits per heavy atom. The van der Waals surface area contributed by atoms with E-state index < -0.39 is 17.9 Å². The molecule has 0 aromatic heterocycles. The van der Waals surface area contributed by atoms with Crippen LogP contribution < -0.4 is 0 Å². The summed E-state index contributed by atoms with van der Waals surface area (Å²) < 4.78 is 0. The number of nitrogens with two attached hydrogens (primary N) is 1. The molecule has 1 rings (SSSR count). The Bertz CT molecular complexity index is 306. The monoisotopic (exact) mass is 525 g/mol. The van der Waals surface area contributed by atoms with Gasteiger partial charge in [0.15, 0.2) is 5.92 Å². The maximum atomic E-state index is 10.6. The standard InChI is InChI=1S/C11H21NO4.C6H11.H2N.Pt/c1-3-12(4-2)8-6-5-7-9(10(13)14)11(15)16;1-6-4-2-3-5-6;;/h9H,3-8H2,1-2H3,(H,13,14)(H,15,16);6H,1-5H2;1H2;/q;2*-1;+2. The van der Waals surface area contributed by atoms with Gasteiger partial charge >= 0.3 is 33.0 Å². The van der Waals surface area contributed by atoms with Gasteiger partial charge in [-0.15, -0.1) is 0 Å². The molecule has 0 aromatic rings. The van der Waals surface area contributed by atoms with Crippen LogP contribution in [0.3, 0.4) is 0 Å². The van der Waals surface area contributed by atoms with Crippen LogP contribution in [0.15, 0.2) is 0 Å². The number of unbranched alkanes of at least 4 members (excludes halogenated alkanes) is 1. The number of hydrogen-bond acceptors (Lipinski definition) is 3. The molecular formula is C17H34N2O4Pt. The average Bonchev–Trinajstić information content (AvgIpc) is 2.94. The van der Waals surface area contributed by atoms with Crippen LogP contribution in [0.25, 0.3) is 6.15 Å². The molecule has 1 aliphatic carbocycles. The summed E-state index contributed by atoms with van der Waals surface area (Å²) in [6.07, 6.45) is 7.30. The van der Waals surface area contributed by atoms with Crippen LogP contribution in [0.4, 0.5) is 0 Å². The maximum Gasteiger partial charge on any atom is 2.00 e. The molecule has 0 atom stereocenters. The number of carboxylic acid groups (broad SMARTS) is 2. The van der Waals surface area contributed by atoms with Gasteiger partial charge in [0.25, 0.3) is 0 Å². The molecule has 7 heteroatoms. The Kier molecular flexibility index (Phi) is 20.5. The van der Waals surface area contributed by atoms with Crippen LogP contribution in [-0.2, 0) is 30.7 Å². The van der Waals surface area contributed by atoms with Gasteiger partial charge in [-0.3, -0.25) is 9.59 Å². The molecule has 0 saturated heterocycles. The molecule has 0 heterocycles. The largest absolute Gasteiger partial charge is 2.00 e. The number of aliphatic carboxylic acids is 2. The molecule has 146 valence electrons. The van der Waals surface area contributed by atoms with E-state index in [9.17, 15) is 9.59 Å². The van der Waals surface area contributed by atoms with E-state index >= 15 is 0 Å². The first kappa shape index (κ1) is 28.4. The molecule has 0 aromatic carbocycles. The van der Waals surface area contributed by atoms with E-state index in [0.29, 0.717) is 6.42 Å². The van der Waals surface area contributed by atoms with E-state index in [2.05, 4.69) is 25.7 Å². The predicted octanol–water partition coefficient (Wildman–Crippen LogP) is 4.01. The molecule has 1 fully saturated rings. The van der Waals surface area contributed by atoms with Crippen molar-refractivity contribution in [2.24, 2.45) is 11.8 Å². The predicted molar refractivity (Wildman–Crippen MR) is 93.0 cm³/mol. The fourth-order valence-electron chi connectivity index (χ4n) is 2.59. The third kappa shape index (κ3) is 13.9. The summed E-state index contributed by atoms with van der Waals surface area (Å²) in [5, 5.41) is 17.3. The summed E-state index contributed by atoms with van der Waals surface area (Å²) in [5.74, 6) is -2.94. The minimum Gasteiger partial charge on any atom is -0.693 e. The van der Waals surface area contributed by atoms with E-state index in [-0.39, 0.29) is 33.6 Å². The van der Waals surface area contributed by atoms with Gasteiger partial charge in [-0.2, -0.15) is 5.92 Å². The fourth-order valence-corrected chi connectivity index (χ4v) is 2.59. The van der Waals surface area contributed by atoms with E-state index in [1.807, 2.05) is 0 Å². The molecule has 1 saturated carbocycles. The summed E-state index contributed by atoms with van der Waals surface area (Å²) in [5.41, 5.74) is 0. The molecule has 0 spiro atoms. The van der Waals surface area contributed by atoms with Gasteiger partial charge in [0.1, 0.15) is 0 Å². The molecule has 0 radical (unpaired) electrons. The van der Waals surface area contributed by atoms with Crippen molar-refractivity contribution in [3.63, 3.8) is 0 Å². The molecule has 4 N–H and O–H groups in total. The zero-order valence-corrected chi connectivity index (χ0v) is 17.3. The molecule has 0 unspecified atom stereocenters. The first-order valence-corrected chi connectivity index (χ1v) is 8.43. The second kappa shape index (κ2) is 17.4. The van der Waals surface area contributed by atoms with Gasteiger partial charge in [-0.1, -0.05) is 46.0 Å². The normalized spacial score (nSPS) is 13.7. The van der Waals surface area contributed by atoms with Crippen molar-refractivity contribution in [3.05, 3.63) is 13.1 Å². The SMILES string of the molecule is CCN(CC)CCCCC(C(=O)O)C(=O)O.[CH2-]C1CCCC1.[NH2-].[Pt+2]. The van der Waals surface area contributed by atoms with Gasteiger partial charge in [-0.25, -0.2) is 0 Å². The van der Waals surface area contributed by atoms with Gasteiger partial charge in [0.2, 0.25) is 0 Å². The number of rotatable bonds is 9. The average molecular weight is 526 g/mol. The van der Waals surface area contributed by atoms with E-state index in [4.69, 9.17) is 10.2 Å². The minimum absolute atomic E-state index is 0. The summed E-state index contributed by atoms with van der Waals surface area (Å²) in [6, 6.07) is 0. The minimum atomic E-state index is -1.25. The summed E-state index contributed by atoms with van der Waals surface area (Å²) in [6.45, 7) is 10.9. The molecule has 24 heavy (non-hydrogen) atoms. The third-order valence-corrected chi connectivity index (χ3v) is 4.18. The van der Waals surface area contributed by atoms with Crippen LogP contribution >= 0.6 is 0 Å². The van der Waals surface area contributed by atoms with Gasteiger partial charge in [0, 0.05) is 0 Å². The van der Waals surface area contributed by atoms with Crippen LogP contribution in [0.1, 0.15) is 58.8 Å². The van der Waals surface area contributed by atoms with Crippen LogP contribution in [0.2, 0.25) is 0 Å². The van der Waals surface area contributed by atoms with Crippen molar-refractivity contribution in [1.82, 2.24) is 4.90 Å². The Morgan fingerprint density at radius 3 is 1.83 bits per heavy atom. The quantitative estimate of drug-likeness (QED) is 0.269. The molecule has 1 aliphatic rings. The van der Waals surface area contributed by atoms with Gasteiger partial charge in [-0.05, 0) is 32.5 Å². The summed E-state index contributed by atoms with van der Waals surface area (Å²) in [7, 11) is 0. The summed E-state index contributed by atoms with van der Waals surface area (Å²) >= 11 is 0.